The monoisotopic (exact) mass is 335 g/mol. The van der Waals surface area contributed by atoms with Crippen LogP contribution in [0.4, 0.5) is 0 Å². The molecule has 0 atom stereocenters. The van der Waals surface area contributed by atoms with Gasteiger partial charge in [0.2, 0.25) is 0 Å². The number of nitrogens with zero attached hydrogens (tertiary/aromatic N) is 3. The molecule has 0 spiro atoms. The van der Waals surface area contributed by atoms with E-state index in [1.54, 1.807) is 11.0 Å². The Bertz CT molecular complexity index is 579. The molecule has 24 heavy (non-hydrogen) atoms. The lowest BCUT2D eigenvalue weighted by Crippen LogP contribution is -2.50. The van der Waals surface area contributed by atoms with E-state index in [1.807, 2.05) is 13.8 Å². The molecular weight excluding hydrogens is 306 g/mol. The van der Waals surface area contributed by atoms with E-state index in [0.717, 1.165) is 26.2 Å². The standard InChI is InChI=1S/C18H29N3O3/c1-13(2)14-11-15(17(23)12-16(14)22)18(24)21-9-7-20(8-10-21)6-5-19(3)4/h11-13,22-23H,5-10H2,1-4H3. The van der Waals surface area contributed by atoms with E-state index in [0.29, 0.717) is 18.7 Å². The van der Waals surface area contributed by atoms with Gasteiger partial charge in [0.15, 0.2) is 0 Å². The Hall–Kier alpha value is -1.79. The molecule has 1 aromatic carbocycles. The summed E-state index contributed by atoms with van der Waals surface area (Å²) in [4.78, 5) is 19.0. The van der Waals surface area contributed by atoms with Crippen LogP contribution in [0.5, 0.6) is 11.5 Å². The lowest BCUT2D eigenvalue weighted by Gasteiger charge is -2.35. The molecule has 1 heterocycles. The molecule has 1 aliphatic rings. The third-order valence-electron chi connectivity index (χ3n) is 4.52. The van der Waals surface area contributed by atoms with E-state index in [9.17, 15) is 15.0 Å². The summed E-state index contributed by atoms with van der Waals surface area (Å²) in [7, 11) is 4.11. The molecular formula is C18H29N3O3. The van der Waals surface area contributed by atoms with Crippen LogP contribution in [-0.2, 0) is 0 Å². The number of phenols is 2. The first-order valence-electron chi connectivity index (χ1n) is 8.51. The highest BCUT2D eigenvalue weighted by Gasteiger charge is 2.25. The molecule has 0 unspecified atom stereocenters. The maximum Gasteiger partial charge on any atom is 0.257 e. The number of benzene rings is 1. The van der Waals surface area contributed by atoms with Crippen LogP contribution < -0.4 is 0 Å². The molecule has 1 aliphatic heterocycles. The Morgan fingerprint density at radius 2 is 1.75 bits per heavy atom. The van der Waals surface area contributed by atoms with Crippen molar-refractivity contribution in [2.24, 2.45) is 0 Å². The van der Waals surface area contributed by atoms with Gasteiger partial charge in [0, 0.05) is 45.3 Å². The molecule has 1 amide bonds. The van der Waals surface area contributed by atoms with Crippen molar-refractivity contribution < 1.29 is 15.0 Å². The van der Waals surface area contributed by atoms with Crippen LogP contribution in [0.2, 0.25) is 0 Å². The zero-order valence-electron chi connectivity index (χ0n) is 15.1. The van der Waals surface area contributed by atoms with Gasteiger partial charge in [-0.05, 0) is 31.6 Å². The van der Waals surface area contributed by atoms with Gasteiger partial charge in [-0.1, -0.05) is 13.8 Å². The van der Waals surface area contributed by atoms with Crippen LogP contribution in [0.1, 0.15) is 35.7 Å². The Balaban J connectivity index is 2.04. The Labute approximate surface area is 144 Å². The topological polar surface area (TPSA) is 67.3 Å². The Morgan fingerprint density at radius 3 is 2.29 bits per heavy atom. The largest absolute Gasteiger partial charge is 0.508 e. The van der Waals surface area contributed by atoms with Gasteiger partial charge in [-0.3, -0.25) is 9.69 Å². The van der Waals surface area contributed by atoms with Crippen molar-refractivity contribution in [3.63, 3.8) is 0 Å². The summed E-state index contributed by atoms with van der Waals surface area (Å²) in [6, 6.07) is 2.89. The number of likely N-dealkylation sites (N-methyl/N-ethyl adjacent to an activating group) is 1. The smallest absolute Gasteiger partial charge is 0.257 e. The summed E-state index contributed by atoms with van der Waals surface area (Å²) >= 11 is 0. The Kier molecular flexibility index (Phi) is 6.07. The van der Waals surface area contributed by atoms with Crippen LogP contribution in [0, 0.1) is 0 Å². The fourth-order valence-electron chi connectivity index (χ4n) is 2.91. The molecule has 1 aromatic rings. The highest BCUT2D eigenvalue weighted by molar-refractivity contribution is 5.97. The molecule has 1 fully saturated rings. The van der Waals surface area contributed by atoms with E-state index < -0.39 is 0 Å². The van der Waals surface area contributed by atoms with Crippen molar-refractivity contribution in [2.45, 2.75) is 19.8 Å². The van der Waals surface area contributed by atoms with Crippen LogP contribution >= 0.6 is 0 Å². The molecule has 0 aromatic heterocycles. The maximum absolute atomic E-state index is 12.7. The van der Waals surface area contributed by atoms with Gasteiger partial charge in [-0.15, -0.1) is 0 Å². The zero-order chi connectivity index (χ0) is 17.9. The van der Waals surface area contributed by atoms with Gasteiger partial charge in [0.05, 0.1) is 5.56 Å². The van der Waals surface area contributed by atoms with E-state index in [4.69, 9.17) is 0 Å². The maximum atomic E-state index is 12.7. The van der Waals surface area contributed by atoms with E-state index in [-0.39, 0.29) is 28.9 Å². The third-order valence-corrected chi connectivity index (χ3v) is 4.52. The molecule has 2 rings (SSSR count). The van der Waals surface area contributed by atoms with Gasteiger partial charge < -0.3 is 20.0 Å². The number of piperazine rings is 1. The van der Waals surface area contributed by atoms with Crippen LogP contribution in [0.15, 0.2) is 12.1 Å². The summed E-state index contributed by atoms with van der Waals surface area (Å²) in [5, 5.41) is 20.0. The number of phenolic OH excluding ortho intramolecular Hbond substituents is 2. The number of carbonyl (C=O) groups is 1. The fraction of sp³-hybridized carbons (Fsp3) is 0.611. The van der Waals surface area contributed by atoms with Crippen LogP contribution in [0.25, 0.3) is 0 Å². The molecule has 2 N–H and O–H groups in total. The van der Waals surface area contributed by atoms with Gasteiger partial charge in [-0.25, -0.2) is 0 Å². The Morgan fingerprint density at radius 1 is 1.12 bits per heavy atom. The first kappa shape index (κ1) is 18.5. The highest BCUT2D eigenvalue weighted by Crippen LogP contribution is 2.32. The van der Waals surface area contributed by atoms with Gasteiger partial charge >= 0.3 is 0 Å². The first-order valence-corrected chi connectivity index (χ1v) is 8.51. The normalized spacial score (nSPS) is 16.2. The number of amides is 1. The molecule has 6 nitrogen and oxygen atoms in total. The molecule has 134 valence electrons. The summed E-state index contributed by atoms with van der Waals surface area (Å²) in [6.45, 7) is 8.90. The molecule has 0 aliphatic carbocycles. The second kappa shape index (κ2) is 7.85. The van der Waals surface area contributed by atoms with Crippen molar-refractivity contribution in [1.29, 1.82) is 0 Å². The lowest BCUT2D eigenvalue weighted by molar-refractivity contribution is 0.0626. The van der Waals surface area contributed by atoms with Crippen molar-refractivity contribution in [1.82, 2.24) is 14.7 Å². The van der Waals surface area contributed by atoms with Crippen molar-refractivity contribution in [2.75, 3.05) is 53.4 Å². The first-order chi connectivity index (χ1) is 11.3. The average Bonchev–Trinajstić information content (AvgIpc) is 2.52. The molecule has 0 saturated carbocycles. The number of rotatable bonds is 5. The number of carbonyl (C=O) groups excluding carboxylic acids is 1. The van der Waals surface area contributed by atoms with Crippen molar-refractivity contribution in [3.8, 4) is 11.5 Å². The molecule has 0 radical (unpaired) electrons. The van der Waals surface area contributed by atoms with E-state index >= 15 is 0 Å². The van der Waals surface area contributed by atoms with Gasteiger partial charge in [-0.2, -0.15) is 0 Å². The van der Waals surface area contributed by atoms with E-state index in [1.165, 1.54) is 6.07 Å². The second-order valence-corrected chi connectivity index (χ2v) is 7.02. The fourth-order valence-corrected chi connectivity index (χ4v) is 2.91. The molecule has 1 saturated heterocycles. The number of hydrogen-bond acceptors (Lipinski definition) is 5. The number of hydrogen-bond donors (Lipinski definition) is 2. The van der Waals surface area contributed by atoms with Crippen LogP contribution in [-0.4, -0.2) is 84.2 Å². The summed E-state index contributed by atoms with van der Waals surface area (Å²) in [5.41, 5.74) is 0.957. The van der Waals surface area contributed by atoms with Gasteiger partial charge in [0.1, 0.15) is 11.5 Å². The zero-order valence-corrected chi connectivity index (χ0v) is 15.1. The van der Waals surface area contributed by atoms with Crippen molar-refractivity contribution >= 4 is 5.91 Å². The van der Waals surface area contributed by atoms with Crippen molar-refractivity contribution in [3.05, 3.63) is 23.3 Å². The lowest BCUT2D eigenvalue weighted by atomic mass is 9.98. The highest BCUT2D eigenvalue weighted by atomic mass is 16.3. The summed E-state index contributed by atoms with van der Waals surface area (Å²) < 4.78 is 0. The summed E-state index contributed by atoms with van der Waals surface area (Å²) in [5.74, 6) is -0.203. The third kappa shape index (κ3) is 4.39. The van der Waals surface area contributed by atoms with E-state index in [2.05, 4.69) is 23.9 Å². The minimum atomic E-state index is -0.165. The minimum absolute atomic E-state index is 0.0348. The second-order valence-electron chi connectivity index (χ2n) is 7.02. The molecule has 6 heteroatoms. The molecule has 0 bridgehead atoms. The minimum Gasteiger partial charge on any atom is -0.508 e. The SMILES string of the molecule is CC(C)c1cc(C(=O)N2CCN(CCN(C)C)CC2)c(O)cc1O. The average molecular weight is 335 g/mol. The summed E-state index contributed by atoms with van der Waals surface area (Å²) in [6.07, 6.45) is 0. The van der Waals surface area contributed by atoms with Gasteiger partial charge in [0.25, 0.3) is 5.91 Å². The van der Waals surface area contributed by atoms with Crippen LogP contribution in [0.3, 0.4) is 0 Å². The predicted molar refractivity (Wildman–Crippen MR) is 94.8 cm³/mol. The predicted octanol–water partition coefficient (Wildman–Crippen LogP) is 1.54. The number of aromatic hydroxyl groups is 2. The quantitative estimate of drug-likeness (QED) is 0.854.